The number of anilines is 1. The van der Waals surface area contributed by atoms with Gasteiger partial charge in [0.1, 0.15) is 17.1 Å². The predicted octanol–water partition coefficient (Wildman–Crippen LogP) is 1.33. The first-order valence-electron chi connectivity index (χ1n) is 5.86. The van der Waals surface area contributed by atoms with Crippen LogP contribution >= 0.6 is 12.2 Å². The van der Waals surface area contributed by atoms with Crippen molar-refractivity contribution in [3.63, 3.8) is 0 Å². The molecule has 0 saturated carbocycles. The SMILES string of the molecule is Cc1cc(C(N)=S)cc(NC(C)c2nncn2C)n1. The van der Waals surface area contributed by atoms with Crippen LogP contribution in [-0.4, -0.2) is 24.7 Å². The molecule has 2 aromatic rings. The molecule has 19 heavy (non-hydrogen) atoms. The standard InChI is InChI=1S/C12H16N6S/c1-7-4-9(11(13)19)5-10(15-7)16-8(2)12-17-14-6-18(12)3/h4-6,8H,1-3H3,(H2,13,19)(H,15,16). The molecule has 3 N–H and O–H groups in total. The van der Waals surface area contributed by atoms with E-state index in [2.05, 4.69) is 20.5 Å². The van der Waals surface area contributed by atoms with Gasteiger partial charge in [0, 0.05) is 18.3 Å². The highest BCUT2D eigenvalue weighted by atomic mass is 32.1. The smallest absolute Gasteiger partial charge is 0.154 e. The molecule has 0 bridgehead atoms. The monoisotopic (exact) mass is 276 g/mol. The summed E-state index contributed by atoms with van der Waals surface area (Å²) in [4.78, 5) is 4.77. The van der Waals surface area contributed by atoms with E-state index in [1.165, 1.54) is 0 Å². The molecule has 2 heterocycles. The Morgan fingerprint density at radius 3 is 2.79 bits per heavy atom. The van der Waals surface area contributed by atoms with Crippen molar-refractivity contribution in [1.82, 2.24) is 19.7 Å². The maximum Gasteiger partial charge on any atom is 0.154 e. The lowest BCUT2D eigenvalue weighted by Crippen LogP contribution is -2.15. The average molecular weight is 276 g/mol. The fourth-order valence-corrected chi connectivity index (χ4v) is 1.97. The molecule has 0 aromatic carbocycles. The first-order valence-corrected chi connectivity index (χ1v) is 6.27. The molecule has 0 aliphatic rings. The van der Waals surface area contributed by atoms with Crippen molar-refractivity contribution in [2.45, 2.75) is 19.9 Å². The van der Waals surface area contributed by atoms with Gasteiger partial charge in [-0.3, -0.25) is 0 Å². The molecule has 6 nitrogen and oxygen atoms in total. The van der Waals surface area contributed by atoms with E-state index in [1.807, 2.05) is 37.6 Å². The van der Waals surface area contributed by atoms with Crippen LogP contribution in [0.5, 0.6) is 0 Å². The van der Waals surface area contributed by atoms with E-state index < -0.39 is 0 Å². The molecule has 2 rings (SSSR count). The van der Waals surface area contributed by atoms with Gasteiger partial charge in [0.2, 0.25) is 0 Å². The molecule has 7 heteroatoms. The Hall–Kier alpha value is -2.02. The molecule has 0 aliphatic carbocycles. The number of nitrogens with two attached hydrogens (primary N) is 1. The quantitative estimate of drug-likeness (QED) is 0.820. The van der Waals surface area contributed by atoms with Gasteiger partial charge in [0.15, 0.2) is 5.82 Å². The summed E-state index contributed by atoms with van der Waals surface area (Å²) in [6.07, 6.45) is 1.66. The third-order valence-corrected chi connectivity index (χ3v) is 2.97. The molecule has 0 fully saturated rings. The molecule has 1 unspecified atom stereocenters. The van der Waals surface area contributed by atoms with Crippen LogP contribution in [0.2, 0.25) is 0 Å². The lowest BCUT2D eigenvalue weighted by atomic mass is 10.2. The first kappa shape index (κ1) is 13.4. The second-order valence-corrected chi connectivity index (χ2v) is 4.85. The lowest BCUT2D eigenvalue weighted by Gasteiger charge is -2.14. The Balaban J connectivity index is 2.24. The zero-order chi connectivity index (χ0) is 14.0. The molecular weight excluding hydrogens is 260 g/mol. The number of nitrogens with zero attached hydrogens (tertiary/aromatic N) is 4. The van der Waals surface area contributed by atoms with Gasteiger partial charge in [-0.1, -0.05) is 12.2 Å². The highest BCUT2D eigenvalue weighted by Crippen LogP contribution is 2.17. The van der Waals surface area contributed by atoms with E-state index in [0.29, 0.717) is 4.99 Å². The van der Waals surface area contributed by atoms with Crippen molar-refractivity contribution in [3.05, 3.63) is 35.5 Å². The maximum atomic E-state index is 5.65. The molecule has 0 saturated heterocycles. The second kappa shape index (κ2) is 5.31. The molecule has 1 atom stereocenters. The summed E-state index contributed by atoms with van der Waals surface area (Å²) < 4.78 is 1.86. The maximum absolute atomic E-state index is 5.65. The van der Waals surface area contributed by atoms with Crippen LogP contribution in [-0.2, 0) is 7.05 Å². The Bertz CT molecular complexity index is 606. The van der Waals surface area contributed by atoms with Crippen molar-refractivity contribution in [2.75, 3.05) is 5.32 Å². The number of aryl methyl sites for hydroxylation is 2. The minimum Gasteiger partial charge on any atom is -0.389 e. The Morgan fingerprint density at radius 1 is 1.47 bits per heavy atom. The van der Waals surface area contributed by atoms with E-state index in [0.717, 1.165) is 22.9 Å². The minimum absolute atomic E-state index is 0.0130. The number of nitrogens with one attached hydrogen (secondary N) is 1. The Kier molecular flexibility index (Phi) is 3.75. The summed E-state index contributed by atoms with van der Waals surface area (Å²) in [5.41, 5.74) is 7.31. The van der Waals surface area contributed by atoms with Crippen LogP contribution < -0.4 is 11.1 Å². The number of thiocarbonyl (C=S) groups is 1. The molecule has 2 aromatic heterocycles. The second-order valence-electron chi connectivity index (χ2n) is 4.41. The number of hydrogen-bond acceptors (Lipinski definition) is 5. The van der Waals surface area contributed by atoms with E-state index in [1.54, 1.807) is 6.33 Å². The van der Waals surface area contributed by atoms with E-state index in [9.17, 15) is 0 Å². The molecule has 0 amide bonds. The number of rotatable bonds is 4. The summed E-state index contributed by atoms with van der Waals surface area (Å²) in [6, 6.07) is 3.68. The minimum atomic E-state index is -0.0130. The van der Waals surface area contributed by atoms with Crippen molar-refractivity contribution < 1.29 is 0 Å². The van der Waals surface area contributed by atoms with Gasteiger partial charge in [0.05, 0.1) is 6.04 Å². The average Bonchev–Trinajstić information content (AvgIpc) is 2.74. The van der Waals surface area contributed by atoms with Crippen molar-refractivity contribution in [3.8, 4) is 0 Å². The summed E-state index contributed by atoms with van der Waals surface area (Å²) in [5, 5.41) is 11.2. The predicted molar refractivity (Wildman–Crippen MR) is 77.9 cm³/mol. The van der Waals surface area contributed by atoms with Gasteiger partial charge in [-0.2, -0.15) is 0 Å². The van der Waals surface area contributed by atoms with Crippen LogP contribution in [0.1, 0.15) is 30.0 Å². The summed E-state index contributed by atoms with van der Waals surface area (Å²) in [6.45, 7) is 3.90. The summed E-state index contributed by atoms with van der Waals surface area (Å²) in [7, 11) is 1.90. The van der Waals surface area contributed by atoms with Crippen LogP contribution in [0.3, 0.4) is 0 Å². The Labute approximate surface area is 117 Å². The third-order valence-electron chi connectivity index (χ3n) is 2.74. The lowest BCUT2D eigenvalue weighted by molar-refractivity contribution is 0.716. The van der Waals surface area contributed by atoms with Gasteiger partial charge >= 0.3 is 0 Å². The van der Waals surface area contributed by atoms with Crippen LogP contribution in [0.25, 0.3) is 0 Å². The fraction of sp³-hybridized carbons (Fsp3) is 0.333. The topological polar surface area (TPSA) is 81.6 Å². The van der Waals surface area contributed by atoms with Crippen molar-refractivity contribution >= 4 is 23.0 Å². The molecule has 0 spiro atoms. The van der Waals surface area contributed by atoms with Gasteiger partial charge in [-0.25, -0.2) is 4.98 Å². The van der Waals surface area contributed by atoms with Crippen LogP contribution in [0, 0.1) is 6.92 Å². The first-order chi connectivity index (χ1) is 8.97. The third kappa shape index (κ3) is 3.05. The van der Waals surface area contributed by atoms with Crippen LogP contribution in [0.4, 0.5) is 5.82 Å². The normalized spacial score (nSPS) is 12.2. The number of pyridine rings is 1. The van der Waals surface area contributed by atoms with Gasteiger partial charge in [-0.05, 0) is 26.0 Å². The molecule has 100 valence electrons. The number of hydrogen-bond donors (Lipinski definition) is 2. The zero-order valence-electron chi connectivity index (χ0n) is 11.1. The van der Waals surface area contributed by atoms with Crippen LogP contribution in [0.15, 0.2) is 18.5 Å². The van der Waals surface area contributed by atoms with Gasteiger partial charge in [0.25, 0.3) is 0 Å². The van der Waals surface area contributed by atoms with Crippen molar-refractivity contribution in [2.24, 2.45) is 12.8 Å². The highest BCUT2D eigenvalue weighted by molar-refractivity contribution is 7.80. The van der Waals surface area contributed by atoms with E-state index in [4.69, 9.17) is 18.0 Å². The van der Waals surface area contributed by atoms with Gasteiger partial charge in [-0.15, -0.1) is 10.2 Å². The van der Waals surface area contributed by atoms with Crippen molar-refractivity contribution in [1.29, 1.82) is 0 Å². The largest absolute Gasteiger partial charge is 0.389 e. The molecule has 0 aliphatic heterocycles. The van der Waals surface area contributed by atoms with Gasteiger partial charge < -0.3 is 15.6 Å². The molecule has 0 radical (unpaired) electrons. The zero-order valence-corrected chi connectivity index (χ0v) is 11.9. The molecular formula is C12H16N6S. The highest BCUT2D eigenvalue weighted by Gasteiger charge is 2.12. The summed E-state index contributed by atoms with van der Waals surface area (Å²) in [5.74, 6) is 1.55. The summed E-state index contributed by atoms with van der Waals surface area (Å²) >= 11 is 4.99. The van der Waals surface area contributed by atoms with E-state index in [-0.39, 0.29) is 6.04 Å². The van der Waals surface area contributed by atoms with E-state index >= 15 is 0 Å². The number of aromatic nitrogens is 4. The fourth-order valence-electron chi connectivity index (χ4n) is 1.86. The Morgan fingerprint density at radius 2 is 2.21 bits per heavy atom.